The van der Waals surface area contributed by atoms with Crippen LogP contribution in [0.4, 0.5) is 10.8 Å². The van der Waals surface area contributed by atoms with Crippen LogP contribution in [-0.4, -0.2) is 39.8 Å². The summed E-state index contributed by atoms with van der Waals surface area (Å²) in [6.07, 6.45) is 2.90. The molecule has 0 radical (unpaired) electrons. The third-order valence-corrected chi connectivity index (χ3v) is 6.34. The number of anilines is 2. The Bertz CT molecular complexity index is 986. The van der Waals surface area contributed by atoms with Gasteiger partial charge < -0.3 is 4.90 Å². The molecule has 1 aromatic carbocycles. The topological polar surface area (TPSA) is 82.6 Å². The Morgan fingerprint density at radius 1 is 1.31 bits per heavy atom. The summed E-state index contributed by atoms with van der Waals surface area (Å²) >= 11 is 1.37. The molecular weight excluding hydrogens is 388 g/mol. The number of fused-ring (bicyclic) bond motifs is 3. The number of benzene rings is 1. The highest BCUT2D eigenvalue weighted by Gasteiger charge is 2.60. The number of carbonyl (C=O) groups is 3. The van der Waals surface area contributed by atoms with Crippen LogP contribution < -0.4 is 10.2 Å². The first-order valence-electron chi connectivity index (χ1n) is 9.82. The maximum atomic E-state index is 13.6. The van der Waals surface area contributed by atoms with Crippen LogP contribution in [0.1, 0.15) is 48.3 Å². The summed E-state index contributed by atoms with van der Waals surface area (Å²) in [7, 11) is 0. The fourth-order valence-corrected chi connectivity index (χ4v) is 4.74. The summed E-state index contributed by atoms with van der Waals surface area (Å²) in [5.41, 5.74) is -0.400. The van der Waals surface area contributed by atoms with Gasteiger partial charge in [0.15, 0.2) is 5.13 Å². The number of hydrogen-bond donors (Lipinski definition) is 1. The highest BCUT2D eigenvalue weighted by molar-refractivity contribution is 7.15. The number of aryl methyl sites for hydroxylation is 1. The molecule has 8 heteroatoms. The molecule has 0 spiro atoms. The van der Waals surface area contributed by atoms with E-state index in [0.717, 1.165) is 11.3 Å². The third kappa shape index (κ3) is 3.11. The van der Waals surface area contributed by atoms with E-state index in [4.69, 9.17) is 0 Å². The molecule has 7 nitrogen and oxygen atoms in total. The predicted octanol–water partition coefficient (Wildman–Crippen LogP) is 3.42. The molecule has 29 heavy (non-hydrogen) atoms. The summed E-state index contributed by atoms with van der Waals surface area (Å²) in [5, 5.41) is 3.33. The van der Waals surface area contributed by atoms with E-state index in [2.05, 4.69) is 24.1 Å². The number of carbonyl (C=O) groups excluding carboxylic acids is 3. The van der Waals surface area contributed by atoms with Crippen LogP contribution in [0.5, 0.6) is 0 Å². The van der Waals surface area contributed by atoms with Crippen molar-refractivity contribution in [3.05, 3.63) is 40.9 Å². The molecule has 0 unspecified atom stereocenters. The Hall–Kier alpha value is -2.74. The van der Waals surface area contributed by atoms with Crippen molar-refractivity contribution < 1.29 is 14.4 Å². The number of thiazole rings is 1. The number of amides is 3. The van der Waals surface area contributed by atoms with E-state index in [1.54, 1.807) is 35.4 Å². The third-order valence-electron chi connectivity index (χ3n) is 5.51. The number of nitrogens with one attached hydrogen (secondary N) is 1. The Kier molecular flexibility index (Phi) is 4.90. The Morgan fingerprint density at radius 3 is 2.76 bits per heavy atom. The van der Waals surface area contributed by atoms with Crippen LogP contribution >= 0.6 is 11.3 Å². The lowest BCUT2D eigenvalue weighted by Gasteiger charge is -2.49. The van der Waals surface area contributed by atoms with E-state index in [-0.39, 0.29) is 30.6 Å². The molecule has 1 fully saturated rings. The second-order valence-electron chi connectivity index (χ2n) is 7.93. The molecule has 2 aliphatic rings. The molecule has 1 aromatic heterocycles. The van der Waals surface area contributed by atoms with Crippen LogP contribution in [0.15, 0.2) is 30.5 Å². The van der Waals surface area contributed by atoms with Crippen molar-refractivity contribution in [2.45, 2.75) is 45.7 Å². The van der Waals surface area contributed by atoms with Gasteiger partial charge >= 0.3 is 0 Å². The number of rotatable bonds is 5. The zero-order valence-corrected chi connectivity index (χ0v) is 17.6. The largest absolute Gasteiger partial charge is 0.307 e. The number of aromatic nitrogens is 1. The SMILES string of the molecule is Cc1cnc(NC(=O)[C@]23CCC(=O)N2c2ccccc2C(=O)N3CCC(C)C)s1. The number of nitrogens with zero attached hydrogens (tertiary/aromatic N) is 3. The summed E-state index contributed by atoms with van der Waals surface area (Å²) in [5.74, 6) is -0.390. The molecule has 0 bridgehead atoms. The van der Waals surface area contributed by atoms with Gasteiger partial charge in [-0.3, -0.25) is 24.6 Å². The van der Waals surface area contributed by atoms with Gasteiger partial charge in [0.25, 0.3) is 11.8 Å². The number of hydrogen-bond acceptors (Lipinski definition) is 5. The molecule has 1 atom stereocenters. The van der Waals surface area contributed by atoms with E-state index in [0.29, 0.717) is 28.8 Å². The van der Waals surface area contributed by atoms with Gasteiger partial charge in [0.05, 0.1) is 11.3 Å². The van der Waals surface area contributed by atoms with Crippen LogP contribution in [0.3, 0.4) is 0 Å². The van der Waals surface area contributed by atoms with Gasteiger partial charge in [0.2, 0.25) is 11.6 Å². The normalized spacial score (nSPS) is 20.8. The molecule has 4 rings (SSSR count). The van der Waals surface area contributed by atoms with Crippen molar-refractivity contribution in [3.63, 3.8) is 0 Å². The Labute approximate surface area is 173 Å². The van der Waals surface area contributed by atoms with Crippen molar-refractivity contribution in [3.8, 4) is 0 Å². The summed E-state index contributed by atoms with van der Waals surface area (Å²) in [6, 6.07) is 7.03. The molecule has 0 aliphatic carbocycles. The average molecular weight is 413 g/mol. The van der Waals surface area contributed by atoms with Crippen molar-refractivity contribution in [1.29, 1.82) is 0 Å². The fraction of sp³-hybridized carbons (Fsp3) is 0.429. The van der Waals surface area contributed by atoms with Gasteiger partial charge in [-0.05, 0) is 31.4 Å². The zero-order chi connectivity index (χ0) is 20.8. The zero-order valence-electron chi connectivity index (χ0n) is 16.8. The fourth-order valence-electron chi connectivity index (χ4n) is 4.08. The first-order chi connectivity index (χ1) is 13.8. The molecule has 0 saturated carbocycles. The predicted molar refractivity (Wildman–Crippen MR) is 112 cm³/mol. The van der Waals surface area contributed by atoms with Gasteiger partial charge in [0.1, 0.15) is 0 Å². The summed E-state index contributed by atoms with van der Waals surface area (Å²) in [4.78, 5) is 48.3. The van der Waals surface area contributed by atoms with Gasteiger partial charge in [-0.15, -0.1) is 11.3 Å². The van der Waals surface area contributed by atoms with Crippen molar-refractivity contribution in [2.24, 2.45) is 5.92 Å². The molecular formula is C21H24N4O3S. The van der Waals surface area contributed by atoms with Crippen LogP contribution in [-0.2, 0) is 9.59 Å². The molecule has 2 aliphatic heterocycles. The van der Waals surface area contributed by atoms with Crippen molar-refractivity contribution in [2.75, 3.05) is 16.8 Å². The van der Waals surface area contributed by atoms with Gasteiger partial charge in [-0.2, -0.15) is 0 Å². The van der Waals surface area contributed by atoms with Gasteiger partial charge in [-0.1, -0.05) is 26.0 Å². The Balaban J connectivity index is 1.82. The first kappa shape index (κ1) is 19.6. The number of para-hydroxylation sites is 1. The maximum Gasteiger partial charge on any atom is 0.273 e. The monoisotopic (exact) mass is 412 g/mol. The van der Waals surface area contributed by atoms with E-state index < -0.39 is 5.66 Å². The van der Waals surface area contributed by atoms with E-state index in [9.17, 15) is 14.4 Å². The minimum Gasteiger partial charge on any atom is -0.307 e. The minimum atomic E-state index is -1.36. The minimum absolute atomic E-state index is 0.148. The van der Waals surface area contributed by atoms with E-state index in [1.165, 1.54) is 16.2 Å². The molecule has 3 heterocycles. The van der Waals surface area contributed by atoms with Crippen LogP contribution in [0, 0.1) is 12.8 Å². The molecule has 1 N–H and O–H groups in total. The van der Waals surface area contributed by atoms with Crippen molar-refractivity contribution >= 4 is 39.9 Å². The quantitative estimate of drug-likeness (QED) is 0.816. The highest BCUT2D eigenvalue weighted by Crippen LogP contribution is 2.45. The van der Waals surface area contributed by atoms with Crippen molar-refractivity contribution in [1.82, 2.24) is 9.88 Å². The summed E-state index contributed by atoms with van der Waals surface area (Å²) < 4.78 is 0. The molecule has 152 valence electrons. The smallest absolute Gasteiger partial charge is 0.273 e. The lowest BCUT2D eigenvalue weighted by Crippen LogP contribution is -2.69. The standard InChI is InChI=1S/C21H24N4O3S/c1-13(2)9-11-24-18(27)15-6-4-5-7-16(15)25-17(26)8-10-21(24,25)19(28)23-20-22-12-14(3)29-20/h4-7,12-13H,8-11H2,1-3H3,(H,22,23,28)/t21-/m0/s1. The second kappa shape index (κ2) is 7.26. The maximum absolute atomic E-state index is 13.6. The van der Waals surface area contributed by atoms with Crippen LogP contribution in [0.25, 0.3) is 0 Å². The lowest BCUT2D eigenvalue weighted by atomic mass is 9.94. The van der Waals surface area contributed by atoms with Gasteiger partial charge in [-0.25, -0.2) is 4.98 Å². The van der Waals surface area contributed by atoms with E-state index >= 15 is 0 Å². The van der Waals surface area contributed by atoms with Gasteiger partial charge in [0, 0.05) is 30.5 Å². The summed E-state index contributed by atoms with van der Waals surface area (Å²) in [6.45, 7) is 6.46. The highest BCUT2D eigenvalue weighted by atomic mass is 32.1. The second-order valence-corrected chi connectivity index (χ2v) is 9.17. The molecule has 3 amide bonds. The molecule has 1 saturated heterocycles. The lowest BCUT2D eigenvalue weighted by molar-refractivity contribution is -0.129. The average Bonchev–Trinajstić information content (AvgIpc) is 3.25. The molecule has 2 aromatic rings. The Morgan fingerprint density at radius 2 is 2.07 bits per heavy atom. The van der Waals surface area contributed by atoms with Crippen LogP contribution in [0.2, 0.25) is 0 Å². The van der Waals surface area contributed by atoms with E-state index in [1.807, 2.05) is 6.92 Å². The first-order valence-corrected chi connectivity index (χ1v) is 10.6.